The molecule has 0 aliphatic rings. The molecule has 0 saturated heterocycles. The minimum absolute atomic E-state index is 0. The van der Waals surface area contributed by atoms with Gasteiger partial charge in [-0.05, 0) is 12.2 Å². The summed E-state index contributed by atoms with van der Waals surface area (Å²) in [5.74, 6) is 1.06. The molecular formula is C8H18SZn. The molecule has 0 rings (SSSR count). The number of hydrogen-bond donors (Lipinski definition) is 1. The molecule has 0 aliphatic heterocycles. The van der Waals surface area contributed by atoms with E-state index < -0.39 is 0 Å². The van der Waals surface area contributed by atoms with Crippen LogP contribution in [0.4, 0.5) is 0 Å². The molecular weight excluding hydrogens is 194 g/mol. The van der Waals surface area contributed by atoms with Crippen LogP contribution in [-0.2, 0) is 19.5 Å². The van der Waals surface area contributed by atoms with E-state index >= 15 is 0 Å². The van der Waals surface area contributed by atoms with E-state index in [9.17, 15) is 0 Å². The molecule has 0 aliphatic carbocycles. The topological polar surface area (TPSA) is 0 Å². The van der Waals surface area contributed by atoms with Crippen molar-refractivity contribution in [1.82, 2.24) is 0 Å². The number of unbranched alkanes of at least 4 members (excludes halogenated alkanes) is 5. The van der Waals surface area contributed by atoms with E-state index in [0.29, 0.717) is 0 Å². The van der Waals surface area contributed by atoms with Gasteiger partial charge in [-0.2, -0.15) is 12.6 Å². The van der Waals surface area contributed by atoms with Crippen molar-refractivity contribution in [1.29, 1.82) is 0 Å². The second-order valence-corrected chi connectivity index (χ2v) is 2.94. The van der Waals surface area contributed by atoms with Crippen molar-refractivity contribution < 1.29 is 19.5 Å². The van der Waals surface area contributed by atoms with Crippen molar-refractivity contribution in [3.63, 3.8) is 0 Å². The Morgan fingerprint density at radius 1 is 0.900 bits per heavy atom. The third-order valence-corrected chi connectivity index (χ3v) is 1.83. The van der Waals surface area contributed by atoms with Crippen molar-refractivity contribution in [2.45, 2.75) is 45.4 Å². The molecule has 0 amide bonds. The number of thiol groups is 1. The normalized spacial score (nSPS) is 9.00. The summed E-state index contributed by atoms with van der Waals surface area (Å²) in [6.45, 7) is 2.25. The van der Waals surface area contributed by atoms with Crippen LogP contribution in [0.1, 0.15) is 45.4 Å². The Balaban J connectivity index is 0. The van der Waals surface area contributed by atoms with Crippen LogP contribution in [0.25, 0.3) is 0 Å². The first-order valence-electron chi connectivity index (χ1n) is 4.02. The fourth-order valence-corrected chi connectivity index (χ4v) is 1.12. The van der Waals surface area contributed by atoms with E-state index in [0.717, 1.165) is 5.75 Å². The van der Waals surface area contributed by atoms with Crippen molar-refractivity contribution in [3.8, 4) is 0 Å². The SMILES string of the molecule is CCCCCCCCS.[Zn]. The first-order chi connectivity index (χ1) is 4.41. The Morgan fingerprint density at radius 3 is 1.90 bits per heavy atom. The van der Waals surface area contributed by atoms with E-state index in [2.05, 4.69) is 19.6 Å². The quantitative estimate of drug-likeness (QED) is 0.389. The minimum Gasteiger partial charge on any atom is -0.179 e. The monoisotopic (exact) mass is 210 g/mol. The molecule has 0 radical (unpaired) electrons. The van der Waals surface area contributed by atoms with Gasteiger partial charge in [-0.1, -0.05) is 39.0 Å². The molecule has 0 N–H and O–H groups in total. The first-order valence-corrected chi connectivity index (χ1v) is 4.66. The second-order valence-electron chi connectivity index (χ2n) is 2.49. The molecule has 0 nitrogen and oxygen atoms in total. The van der Waals surface area contributed by atoms with Crippen LogP contribution >= 0.6 is 12.6 Å². The zero-order valence-corrected chi connectivity index (χ0v) is 11.0. The molecule has 2 heteroatoms. The Hall–Kier alpha value is 0.973. The van der Waals surface area contributed by atoms with Crippen molar-refractivity contribution in [3.05, 3.63) is 0 Å². The van der Waals surface area contributed by atoms with Crippen LogP contribution in [0.2, 0.25) is 0 Å². The van der Waals surface area contributed by atoms with Crippen LogP contribution in [-0.4, -0.2) is 5.75 Å². The van der Waals surface area contributed by atoms with Gasteiger partial charge in [0.2, 0.25) is 0 Å². The van der Waals surface area contributed by atoms with Crippen LogP contribution in [0.3, 0.4) is 0 Å². The van der Waals surface area contributed by atoms with E-state index in [1.807, 2.05) is 0 Å². The maximum absolute atomic E-state index is 4.15. The van der Waals surface area contributed by atoms with Crippen LogP contribution in [0, 0.1) is 0 Å². The Labute approximate surface area is 83.3 Å². The van der Waals surface area contributed by atoms with Crippen LogP contribution in [0.15, 0.2) is 0 Å². The van der Waals surface area contributed by atoms with E-state index in [1.54, 1.807) is 0 Å². The van der Waals surface area contributed by atoms with Gasteiger partial charge in [0.05, 0.1) is 0 Å². The van der Waals surface area contributed by atoms with Gasteiger partial charge >= 0.3 is 0 Å². The van der Waals surface area contributed by atoms with Crippen molar-refractivity contribution in [2.75, 3.05) is 5.75 Å². The van der Waals surface area contributed by atoms with Crippen molar-refractivity contribution >= 4 is 12.6 Å². The molecule has 0 aromatic rings. The summed E-state index contributed by atoms with van der Waals surface area (Å²) in [7, 11) is 0. The molecule has 0 atom stereocenters. The van der Waals surface area contributed by atoms with Gasteiger partial charge in [0.15, 0.2) is 0 Å². The maximum atomic E-state index is 4.15. The van der Waals surface area contributed by atoms with Gasteiger partial charge < -0.3 is 0 Å². The van der Waals surface area contributed by atoms with Gasteiger partial charge in [0.25, 0.3) is 0 Å². The molecule has 0 fully saturated rings. The van der Waals surface area contributed by atoms with Crippen LogP contribution < -0.4 is 0 Å². The summed E-state index contributed by atoms with van der Waals surface area (Å²) in [5, 5.41) is 0. The summed E-state index contributed by atoms with van der Waals surface area (Å²) < 4.78 is 0. The summed E-state index contributed by atoms with van der Waals surface area (Å²) >= 11 is 4.15. The summed E-state index contributed by atoms with van der Waals surface area (Å²) in [5.41, 5.74) is 0. The summed E-state index contributed by atoms with van der Waals surface area (Å²) in [6, 6.07) is 0. The smallest absolute Gasteiger partial charge is 0 e. The molecule has 58 valence electrons. The maximum Gasteiger partial charge on any atom is 0 e. The molecule has 0 aromatic heterocycles. The second kappa shape index (κ2) is 12.6. The Morgan fingerprint density at radius 2 is 1.40 bits per heavy atom. The van der Waals surface area contributed by atoms with E-state index in [1.165, 1.54) is 38.5 Å². The largest absolute Gasteiger partial charge is 0.179 e. The van der Waals surface area contributed by atoms with Crippen molar-refractivity contribution in [2.24, 2.45) is 0 Å². The molecule has 0 unspecified atom stereocenters. The zero-order valence-electron chi connectivity index (χ0n) is 7.10. The van der Waals surface area contributed by atoms with Gasteiger partial charge in [-0.15, -0.1) is 0 Å². The average molecular weight is 212 g/mol. The number of hydrogen-bond acceptors (Lipinski definition) is 1. The Bertz CT molecular complexity index is 42.5. The molecule has 0 heterocycles. The number of rotatable bonds is 6. The van der Waals surface area contributed by atoms with E-state index in [-0.39, 0.29) is 19.5 Å². The van der Waals surface area contributed by atoms with Gasteiger partial charge in [-0.3, -0.25) is 0 Å². The fraction of sp³-hybridized carbons (Fsp3) is 1.00. The third kappa shape index (κ3) is 11.7. The molecule has 0 aromatic carbocycles. The van der Waals surface area contributed by atoms with Gasteiger partial charge in [-0.25, -0.2) is 0 Å². The Kier molecular flexibility index (Phi) is 17.1. The van der Waals surface area contributed by atoms with E-state index in [4.69, 9.17) is 0 Å². The van der Waals surface area contributed by atoms with Gasteiger partial charge in [0, 0.05) is 19.5 Å². The minimum atomic E-state index is 0. The molecule has 0 spiro atoms. The first kappa shape index (κ1) is 13.6. The van der Waals surface area contributed by atoms with Crippen LogP contribution in [0.5, 0.6) is 0 Å². The predicted molar refractivity (Wildman–Crippen MR) is 47.2 cm³/mol. The average Bonchev–Trinajstić information content (AvgIpc) is 1.89. The van der Waals surface area contributed by atoms with Gasteiger partial charge in [0.1, 0.15) is 0 Å². The molecule has 0 saturated carbocycles. The molecule has 0 bridgehead atoms. The third-order valence-electron chi connectivity index (χ3n) is 1.51. The molecule has 10 heavy (non-hydrogen) atoms. The standard InChI is InChI=1S/C8H18S.Zn/c1-2-3-4-5-6-7-8-9;/h9H,2-8H2,1H3;. The summed E-state index contributed by atoms with van der Waals surface area (Å²) in [6.07, 6.45) is 8.27. The predicted octanol–water partition coefficient (Wildman–Crippen LogP) is 3.27. The fourth-order valence-electron chi connectivity index (χ4n) is 0.892. The zero-order chi connectivity index (χ0) is 6.95. The summed E-state index contributed by atoms with van der Waals surface area (Å²) in [4.78, 5) is 0.